The molecule has 2 aromatic carbocycles. The average molecular weight is 518 g/mol. The lowest BCUT2D eigenvalue weighted by Gasteiger charge is -2.23. The van der Waals surface area contributed by atoms with Gasteiger partial charge in [0.05, 0.1) is 5.69 Å². The van der Waals surface area contributed by atoms with E-state index in [9.17, 15) is 0 Å². The second-order valence-electron chi connectivity index (χ2n) is 10.0. The highest BCUT2D eigenvalue weighted by atomic mass is 15.1. The smallest absolute Gasteiger partial charge is 0.126 e. The SMILES string of the molecule is CCCCCCCCC.Cc1nc(CCCc2ccccc2)cc(-c2ccc(N(CCN)CCN)cc2)n1. The predicted octanol–water partition coefficient (Wildman–Crippen LogP) is 7.11. The zero-order valence-corrected chi connectivity index (χ0v) is 24.2. The first-order chi connectivity index (χ1) is 18.6. The Balaban J connectivity index is 0.000000484. The number of aromatic nitrogens is 2. The van der Waals surface area contributed by atoms with E-state index in [-0.39, 0.29) is 0 Å². The molecule has 0 amide bonds. The number of unbranched alkanes of at least 4 members (excludes halogenated alkanes) is 6. The van der Waals surface area contributed by atoms with Crippen LogP contribution in [0, 0.1) is 6.92 Å². The zero-order chi connectivity index (χ0) is 27.4. The summed E-state index contributed by atoms with van der Waals surface area (Å²) in [5.41, 5.74) is 17.1. The number of benzene rings is 2. The maximum absolute atomic E-state index is 5.73. The van der Waals surface area contributed by atoms with E-state index in [1.165, 1.54) is 50.5 Å². The minimum absolute atomic E-state index is 0.610. The van der Waals surface area contributed by atoms with E-state index in [1.54, 1.807) is 0 Å². The average Bonchev–Trinajstić information content (AvgIpc) is 2.94. The number of anilines is 1. The van der Waals surface area contributed by atoms with Gasteiger partial charge in [0, 0.05) is 43.1 Å². The maximum atomic E-state index is 5.73. The van der Waals surface area contributed by atoms with Crippen LogP contribution in [0.25, 0.3) is 11.3 Å². The van der Waals surface area contributed by atoms with E-state index in [2.05, 4.69) is 89.4 Å². The van der Waals surface area contributed by atoms with Crippen LogP contribution < -0.4 is 16.4 Å². The molecule has 1 aromatic heterocycles. The third-order valence-electron chi connectivity index (χ3n) is 6.67. The molecule has 0 fully saturated rings. The van der Waals surface area contributed by atoms with Gasteiger partial charge in [0.15, 0.2) is 0 Å². The normalized spacial score (nSPS) is 10.7. The summed E-state index contributed by atoms with van der Waals surface area (Å²) in [5, 5.41) is 0. The highest BCUT2D eigenvalue weighted by Gasteiger charge is 2.08. The van der Waals surface area contributed by atoms with Crippen LogP contribution in [-0.4, -0.2) is 36.1 Å². The summed E-state index contributed by atoms with van der Waals surface area (Å²) in [6.45, 7) is 9.31. The Labute approximate surface area is 232 Å². The first-order valence-electron chi connectivity index (χ1n) is 14.7. The monoisotopic (exact) mass is 517 g/mol. The molecule has 0 atom stereocenters. The molecule has 0 saturated heterocycles. The van der Waals surface area contributed by atoms with Gasteiger partial charge >= 0.3 is 0 Å². The minimum atomic E-state index is 0.610. The largest absolute Gasteiger partial charge is 0.369 e. The molecule has 3 aromatic rings. The van der Waals surface area contributed by atoms with Gasteiger partial charge in [-0.3, -0.25) is 0 Å². The minimum Gasteiger partial charge on any atom is -0.369 e. The summed E-state index contributed by atoms with van der Waals surface area (Å²) in [7, 11) is 0. The highest BCUT2D eigenvalue weighted by molar-refractivity contribution is 5.63. The number of nitrogens with zero attached hydrogens (tertiary/aromatic N) is 3. The van der Waals surface area contributed by atoms with Crippen molar-refractivity contribution in [3.8, 4) is 11.3 Å². The fourth-order valence-electron chi connectivity index (χ4n) is 4.58. The van der Waals surface area contributed by atoms with E-state index in [1.807, 2.05) is 6.92 Å². The van der Waals surface area contributed by atoms with Gasteiger partial charge in [-0.05, 0) is 49.9 Å². The third kappa shape index (κ3) is 12.2. The lowest BCUT2D eigenvalue weighted by molar-refractivity contribution is 0.602. The van der Waals surface area contributed by atoms with Crippen molar-refractivity contribution < 1.29 is 0 Å². The molecular formula is C33H51N5. The fraction of sp³-hybridized carbons (Fsp3) is 0.515. The van der Waals surface area contributed by atoms with Gasteiger partial charge in [-0.1, -0.05) is 101 Å². The molecule has 0 spiro atoms. The van der Waals surface area contributed by atoms with Crippen LogP contribution in [0.4, 0.5) is 5.69 Å². The Morgan fingerprint density at radius 1 is 0.684 bits per heavy atom. The first kappa shape index (κ1) is 31.5. The van der Waals surface area contributed by atoms with Crippen molar-refractivity contribution >= 4 is 5.69 Å². The maximum Gasteiger partial charge on any atom is 0.126 e. The first-order valence-corrected chi connectivity index (χ1v) is 14.7. The zero-order valence-electron chi connectivity index (χ0n) is 24.2. The predicted molar refractivity (Wildman–Crippen MR) is 165 cm³/mol. The van der Waals surface area contributed by atoms with E-state index in [0.717, 1.165) is 60.8 Å². The van der Waals surface area contributed by atoms with Gasteiger partial charge in [0.25, 0.3) is 0 Å². The molecule has 0 unspecified atom stereocenters. The van der Waals surface area contributed by atoms with Crippen LogP contribution in [0.2, 0.25) is 0 Å². The molecule has 0 saturated carbocycles. The Hall–Kier alpha value is -2.76. The number of hydrogen-bond donors (Lipinski definition) is 2. The molecule has 0 bridgehead atoms. The molecule has 0 aliphatic carbocycles. The van der Waals surface area contributed by atoms with Gasteiger partial charge in [0.2, 0.25) is 0 Å². The molecule has 208 valence electrons. The quantitative estimate of drug-likeness (QED) is 0.198. The second-order valence-corrected chi connectivity index (χ2v) is 10.0. The Bertz CT molecular complexity index is 976. The topological polar surface area (TPSA) is 81.1 Å². The number of aryl methyl sites for hydroxylation is 3. The van der Waals surface area contributed by atoms with E-state index < -0.39 is 0 Å². The van der Waals surface area contributed by atoms with Crippen molar-refractivity contribution in [2.75, 3.05) is 31.1 Å². The Morgan fingerprint density at radius 3 is 1.87 bits per heavy atom. The van der Waals surface area contributed by atoms with Crippen molar-refractivity contribution in [2.24, 2.45) is 11.5 Å². The molecule has 3 rings (SSSR count). The van der Waals surface area contributed by atoms with Crippen LogP contribution in [0.5, 0.6) is 0 Å². The van der Waals surface area contributed by atoms with Crippen LogP contribution in [0.3, 0.4) is 0 Å². The summed E-state index contributed by atoms with van der Waals surface area (Å²) in [6, 6.07) is 21.2. The molecule has 4 N–H and O–H groups in total. The molecule has 1 heterocycles. The highest BCUT2D eigenvalue weighted by Crippen LogP contribution is 2.23. The lowest BCUT2D eigenvalue weighted by Crippen LogP contribution is -2.33. The van der Waals surface area contributed by atoms with Gasteiger partial charge in [-0.2, -0.15) is 0 Å². The van der Waals surface area contributed by atoms with Crippen LogP contribution >= 0.6 is 0 Å². The van der Waals surface area contributed by atoms with E-state index in [0.29, 0.717) is 13.1 Å². The molecule has 38 heavy (non-hydrogen) atoms. The Morgan fingerprint density at radius 2 is 1.29 bits per heavy atom. The van der Waals surface area contributed by atoms with Crippen molar-refractivity contribution in [2.45, 2.75) is 85.0 Å². The standard InChI is InChI=1S/C24H31N5.C9H20/c1-19-27-22(9-5-8-20-6-3-2-4-7-20)18-24(28-19)21-10-12-23(13-11-21)29(16-14-25)17-15-26;1-3-5-7-9-8-6-4-2/h2-4,6-7,10-13,18H,5,8-9,14-17,25-26H2,1H3;3-9H2,1-2H3. The van der Waals surface area contributed by atoms with Crippen molar-refractivity contribution in [1.82, 2.24) is 9.97 Å². The summed E-state index contributed by atoms with van der Waals surface area (Å²) in [6.07, 6.45) is 13.1. The van der Waals surface area contributed by atoms with E-state index >= 15 is 0 Å². The fourth-order valence-corrected chi connectivity index (χ4v) is 4.58. The number of rotatable bonds is 16. The summed E-state index contributed by atoms with van der Waals surface area (Å²) < 4.78 is 0. The third-order valence-corrected chi connectivity index (χ3v) is 6.67. The van der Waals surface area contributed by atoms with Crippen LogP contribution in [0.1, 0.15) is 82.3 Å². The van der Waals surface area contributed by atoms with Gasteiger partial charge < -0.3 is 16.4 Å². The van der Waals surface area contributed by atoms with Gasteiger partial charge in [-0.25, -0.2) is 9.97 Å². The molecule has 0 radical (unpaired) electrons. The Kier molecular flexibility index (Phi) is 16.0. The molecular weight excluding hydrogens is 466 g/mol. The second kappa shape index (κ2) is 19.3. The summed E-state index contributed by atoms with van der Waals surface area (Å²) in [5.74, 6) is 0.814. The van der Waals surface area contributed by atoms with Gasteiger partial charge in [0.1, 0.15) is 5.82 Å². The summed E-state index contributed by atoms with van der Waals surface area (Å²) in [4.78, 5) is 11.5. The van der Waals surface area contributed by atoms with Crippen molar-refractivity contribution in [3.05, 3.63) is 77.7 Å². The van der Waals surface area contributed by atoms with E-state index in [4.69, 9.17) is 11.5 Å². The summed E-state index contributed by atoms with van der Waals surface area (Å²) >= 11 is 0. The lowest BCUT2D eigenvalue weighted by atomic mass is 10.1. The molecule has 0 aliphatic rings. The molecule has 5 heteroatoms. The molecule has 0 aliphatic heterocycles. The van der Waals surface area contributed by atoms with Crippen LogP contribution in [0.15, 0.2) is 60.7 Å². The number of hydrogen-bond acceptors (Lipinski definition) is 5. The van der Waals surface area contributed by atoms with Crippen molar-refractivity contribution in [3.63, 3.8) is 0 Å². The molecule has 5 nitrogen and oxygen atoms in total. The number of nitrogens with two attached hydrogens (primary N) is 2. The van der Waals surface area contributed by atoms with Crippen LogP contribution in [-0.2, 0) is 12.8 Å². The van der Waals surface area contributed by atoms with Gasteiger partial charge in [-0.15, -0.1) is 0 Å². The van der Waals surface area contributed by atoms with Crippen molar-refractivity contribution in [1.29, 1.82) is 0 Å².